The molecule has 1 N–H and O–H groups in total. The Morgan fingerprint density at radius 1 is 1.22 bits per heavy atom. The molecule has 0 aliphatic heterocycles. The number of halogens is 1. The van der Waals surface area contributed by atoms with Crippen molar-refractivity contribution in [2.24, 2.45) is 0 Å². The standard InChI is InChI=1S/C18H26ClNO3/c1-18(2,3)23-17(21)20-15-6-4-5-7-16(15)22-12-13-8-10-14(19)11-9-13/h8-11,15-16H,4-7,12H2,1-3H3,(H,20,21)/t15-,16-/m1/s1. The first kappa shape index (κ1) is 18.1. The van der Waals surface area contributed by atoms with Crippen LogP contribution in [0.4, 0.5) is 4.79 Å². The molecule has 2 rings (SSSR count). The van der Waals surface area contributed by atoms with Crippen molar-refractivity contribution >= 4 is 17.7 Å². The van der Waals surface area contributed by atoms with Crippen LogP contribution in [0.25, 0.3) is 0 Å². The van der Waals surface area contributed by atoms with Crippen LogP contribution in [-0.4, -0.2) is 23.8 Å². The van der Waals surface area contributed by atoms with E-state index in [-0.39, 0.29) is 18.2 Å². The smallest absolute Gasteiger partial charge is 0.407 e. The number of benzene rings is 1. The maximum Gasteiger partial charge on any atom is 0.407 e. The van der Waals surface area contributed by atoms with E-state index in [1.54, 1.807) is 0 Å². The normalized spacial score (nSPS) is 21.7. The van der Waals surface area contributed by atoms with Gasteiger partial charge < -0.3 is 14.8 Å². The maximum absolute atomic E-state index is 12.0. The van der Waals surface area contributed by atoms with E-state index in [4.69, 9.17) is 21.1 Å². The van der Waals surface area contributed by atoms with Crippen LogP contribution in [0.2, 0.25) is 5.02 Å². The topological polar surface area (TPSA) is 47.6 Å². The molecule has 23 heavy (non-hydrogen) atoms. The minimum Gasteiger partial charge on any atom is -0.444 e. The first-order chi connectivity index (χ1) is 10.8. The zero-order valence-corrected chi connectivity index (χ0v) is 14.9. The maximum atomic E-state index is 12.0. The zero-order valence-electron chi connectivity index (χ0n) is 14.1. The van der Waals surface area contributed by atoms with Gasteiger partial charge in [0.05, 0.1) is 18.8 Å². The molecule has 1 aromatic carbocycles. The Balaban J connectivity index is 1.87. The van der Waals surface area contributed by atoms with Gasteiger partial charge in [-0.3, -0.25) is 0 Å². The molecule has 128 valence electrons. The van der Waals surface area contributed by atoms with E-state index in [1.165, 1.54) is 0 Å². The predicted octanol–water partition coefficient (Wildman–Crippen LogP) is 4.69. The van der Waals surface area contributed by atoms with Gasteiger partial charge in [0.15, 0.2) is 0 Å². The molecular weight excluding hydrogens is 314 g/mol. The number of nitrogens with one attached hydrogen (secondary N) is 1. The fraction of sp³-hybridized carbons (Fsp3) is 0.611. The van der Waals surface area contributed by atoms with Gasteiger partial charge in [-0.15, -0.1) is 0 Å². The van der Waals surface area contributed by atoms with Crippen molar-refractivity contribution in [1.29, 1.82) is 0 Å². The second-order valence-electron chi connectivity index (χ2n) is 7.01. The zero-order chi connectivity index (χ0) is 16.9. The summed E-state index contributed by atoms with van der Waals surface area (Å²) in [6.07, 6.45) is 3.74. The van der Waals surface area contributed by atoms with Crippen molar-refractivity contribution < 1.29 is 14.3 Å². The summed E-state index contributed by atoms with van der Waals surface area (Å²) in [6.45, 7) is 6.11. The Morgan fingerprint density at radius 2 is 1.87 bits per heavy atom. The molecule has 1 fully saturated rings. The first-order valence-electron chi connectivity index (χ1n) is 8.19. The lowest BCUT2D eigenvalue weighted by Crippen LogP contribution is -2.47. The number of ether oxygens (including phenoxy) is 2. The highest BCUT2D eigenvalue weighted by Gasteiger charge is 2.29. The molecule has 5 heteroatoms. The molecule has 1 aromatic rings. The van der Waals surface area contributed by atoms with Gasteiger partial charge in [0, 0.05) is 5.02 Å². The second kappa shape index (κ2) is 8.02. The average molecular weight is 340 g/mol. The van der Waals surface area contributed by atoms with Crippen molar-refractivity contribution in [3.63, 3.8) is 0 Å². The van der Waals surface area contributed by atoms with Crippen molar-refractivity contribution in [2.45, 2.75) is 70.8 Å². The van der Waals surface area contributed by atoms with E-state index < -0.39 is 5.60 Å². The third-order valence-corrected chi connectivity index (χ3v) is 4.03. The van der Waals surface area contributed by atoms with Crippen molar-refractivity contribution in [3.05, 3.63) is 34.9 Å². The summed E-state index contributed by atoms with van der Waals surface area (Å²) < 4.78 is 11.4. The van der Waals surface area contributed by atoms with Crippen molar-refractivity contribution in [1.82, 2.24) is 5.32 Å². The van der Waals surface area contributed by atoms with Crippen LogP contribution in [0.15, 0.2) is 24.3 Å². The number of carbonyl (C=O) groups is 1. The SMILES string of the molecule is CC(C)(C)OC(=O)N[C@@H]1CCCC[C@H]1OCc1ccc(Cl)cc1. The molecule has 1 amide bonds. The highest BCUT2D eigenvalue weighted by molar-refractivity contribution is 6.30. The van der Waals surface area contributed by atoms with Crippen LogP contribution >= 0.6 is 11.6 Å². The summed E-state index contributed by atoms with van der Waals surface area (Å²) in [4.78, 5) is 12.0. The van der Waals surface area contributed by atoms with Gasteiger partial charge in [0.25, 0.3) is 0 Å². The number of alkyl carbamates (subject to hydrolysis) is 1. The van der Waals surface area contributed by atoms with E-state index in [9.17, 15) is 4.79 Å². The molecule has 0 saturated heterocycles. The summed E-state index contributed by atoms with van der Waals surface area (Å²) in [5.41, 5.74) is 0.592. The van der Waals surface area contributed by atoms with Gasteiger partial charge in [0.1, 0.15) is 5.60 Å². The molecule has 0 spiro atoms. The largest absolute Gasteiger partial charge is 0.444 e. The third-order valence-electron chi connectivity index (χ3n) is 3.78. The molecule has 2 atom stereocenters. The Morgan fingerprint density at radius 3 is 2.52 bits per heavy atom. The van der Waals surface area contributed by atoms with Crippen LogP contribution in [0.1, 0.15) is 52.0 Å². The predicted molar refractivity (Wildman–Crippen MR) is 91.7 cm³/mol. The van der Waals surface area contributed by atoms with Gasteiger partial charge in [-0.05, 0) is 51.3 Å². The molecule has 1 aliphatic carbocycles. The summed E-state index contributed by atoms with van der Waals surface area (Å²) in [7, 11) is 0. The quantitative estimate of drug-likeness (QED) is 0.865. The van der Waals surface area contributed by atoms with Gasteiger partial charge >= 0.3 is 6.09 Å². The number of rotatable bonds is 4. The van der Waals surface area contributed by atoms with Crippen LogP contribution in [0.5, 0.6) is 0 Å². The molecule has 1 saturated carbocycles. The number of hydrogen-bond acceptors (Lipinski definition) is 3. The molecule has 0 radical (unpaired) electrons. The molecule has 0 unspecified atom stereocenters. The van der Waals surface area contributed by atoms with Gasteiger partial charge in [-0.1, -0.05) is 36.6 Å². The fourth-order valence-corrected chi connectivity index (χ4v) is 2.83. The minimum absolute atomic E-state index is 0.00546. The van der Waals surface area contributed by atoms with Crippen LogP contribution in [0, 0.1) is 0 Å². The van der Waals surface area contributed by atoms with E-state index >= 15 is 0 Å². The summed E-state index contributed by atoms with van der Waals surface area (Å²) in [5, 5.41) is 3.68. The minimum atomic E-state index is -0.488. The van der Waals surface area contributed by atoms with Gasteiger partial charge in [0.2, 0.25) is 0 Å². The molecule has 0 heterocycles. The Hall–Kier alpha value is -1.26. The first-order valence-corrected chi connectivity index (χ1v) is 8.57. The van der Waals surface area contributed by atoms with E-state index in [0.717, 1.165) is 36.3 Å². The number of amides is 1. The highest BCUT2D eigenvalue weighted by Crippen LogP contribution is 2.23. The molecule has 1 aliphatic rings. The lowest BCUT2D eigenvalue weighted by molar-refractivity contribution is -0.0113. The Bertz CT molecular complexity index is 510. The van der Waals surface area contributed by atoms with Gasteiger partial charge in [-0.2, -0.15) is 0 Å². The van der Waals surface area contributed by atoms with Crippen LogP contribution in [-0.2, 0) is 16.1 Å². The van der Waals surface area contributed by atoms with Crippen LogP contribution < -0.4 is 5.32 Å². The summed E-state index contributed by atoms with van der Waals surface area (Å²) >= 11 is 5.89. The van der Waals surface area contributed by atoms with E-state index in [1.807, 2.05) is 45.0 Å². The lowest BCUT2D eigenvalue weighted by Gasteiger charge is -2.32. The van der Waals surface area contributed by atoms with Gasteiger partial charge in [-0.25, -0.2) is 4.79 Å². The average Bonchev–Trinajstić information content (AvgIpc) is 2.46. The Kier molecular flexibility index (Phi) is 6.31. The Labute approximate surface area is 143 Å². The molecular formula is C18H26ClNO3. The molecule has 0 aromatic heterocycles. The van der Waals surface area contributed by atoms with E-state index in [0.29, 0.717) is 6.61 Å². The monoisotopic (exact) mass is 339 g/mol. The third kappa shape index (κ3) is 6.40. The molecule has 0 bridgehead atoms. The second-order valence-corrected chi connectivity index (χ2v) is 7.45. The highest BCUT2D eigenvalue weighted by atomic mass is 35.5. The summed E-state index contributed by atoms with van der Waals surface area (Å²) in [6, 6.07) is 7.64. The van der Waals surface area contributed by atoms with E-state index in [2.05, 4.69) is 5.32 Å². The van der Waals surface area contributed by atoms with Crippen LogP contribution in [0.3, 0.4) is 0 Å². The van der Waals surface area contributed by atoms with Crippen molar-refractivity contribution in [2.75, 3.05) is 0 Å². The number of carbonyl (C=O) groups excluding carboxylic acids is 1. The number of hydrogen-bond donors (Lipinski definition) is 1. The van der Waals surface area contributed by atoms with Crippen molar-refractivity contribution in [3.8, 4) is 0 Å². The lowest BCUT2D eigenvalue weighted by atomic mass is 9.92. The molecule has 4 nitrogen and oxygen atoms in total. The summed E-state index contributed by atoms with van der Waals surface area (Å²) in [5.74, 6) is 0. The fourth-order valence-electron chi connectivity index (χ4n) is 2.70.